The summed E-state index contributed by atoms with van der Waals surface area (Å²) in [5.41, 5.74) is 0.543. The van der Waals surface area contributed by atoms with Crippen LogP contribution in [0.3, 0.4) is 0 Å². The van der Waals surface area contributed by atoms with Crippen LogP contribution >= 0.6 is 11.8 Å². The Hall–Kier alpha value is -2.35. The minimum absolute atomic E-state index is 0.123. The highest BCUT2D eigenvalue weighted by Gasteiger charge is 2.24. The van der Waals surface area contributed by atoms with Gasteiger partial charge in [-0.25, -0.2) is 0 Å². The third kappa shape index (κ3) is 3.94. The minimum atomic E-state index is -0.468. The molecule has 1 saturated heterocycles. The van der Waals surface area contributed by atoms with Gasteiger partial charge in [0.25, 0.3) is 5.91 Å². The van der Waals surface area contributed by atoms with E-state index in [1.165, 1.54) is 11.8 Å². The highest BCUT2D eigenvalue weighted by molar-refractivity contribution is 7.98. The second-order valence-electron chi connectivity index (χ2n) is 5.47. The van der Waals surface area contributed by atoms with Crippen LogP contribution in [0.15, 0.2) is 33.7 Å². The lowest BCUT2D eigenvalue weighted by atomic mass is 10.1. The number of rotatable bonds is 5. The van der Waals surface area contributed by atoms with E-state index in [0.29, 0.717) is 36.0 Å². The van der Waals surface area contributed by atoms with Crippen LogP contribution in [0.2, 0.25) is 0 Å². The zero-order chi connectivity index (χ0) is 16.9. The van der Waals surface area contributed by atoms with Crippen LogP contribution in [-0.4, -0.2) is 34.5 Å². The molecule has 1 aromatic carbocycles. The molecule has 2 heterocycles. The molecule has 2 amide bonds. The lowest BCUT2D eigenvalue weighted by Gasteiger charge is -2.23. The van der Waals surface area contributed by atoms with Crippen LogP contribution in [0.25, 0.3) is 0 Å². The molecule has 1 atom stereocenters. The van der Waals surface area contributed by atoms with Gasteiger partial charge in [-0.05, 0) is 25.0 Å². The van der Waals surface area contributed by atoms with Crippen LogP contribution in [-0.2, 0) is 10.5 Å². The summed E-state index contributed by atoms with van der Waals surface area (Å²) in [5.74, 6) is 1.23. The van der Waals surface area contributed by atoms with Gasteiger partial charge in [0.05, 0.1) is 11.3 Å². The smallest absolute Gasteiger partial charge is 0.253 e. The van der Waals surface area contributed by atoms with Gasteiger partial charge >= 0.3 is 0 Å². The molecule has 1 unspecified atom stereocenters. The van der Waals surface area contributed by atoms with Crippen molar-refractivity contribution in [3.05, 3.63) is 41.5 Å². The fourth-order valence-electron chi connectivity index (χ4n) is 2.47. The first-order valence-electron chi connectivity index (χ1n) is 7.73. The number of hydrogen-bond donors (Lipinski definition) is 2. The lowest BCUT2D eigenvalue weighted by molar-refractivity contribution is -0.124. The van der Waals surface area contributed by atoms with Crippen molar-refractivity contribution < 1.29 is 14.1 Å². The summed E-state index contributed by atoms with van der Waals surface area (Å²) >= 11 is 1.46. The average Bonchev–Trinajstić information content (AvgIpc) is 3.01. The summed E-state index contributed by atoms with van der Waals surface area (Å²) in [7, 11) is 0. The Kier molecular flexibility index (Phi) is 5.14. The molecule has 126 valence electrons. The summed E-state index contributed by atoms with van der Waals surface area (Å²) in [5, 5.41) is 9.43. The molecule has 1 aliphatic heterocycles. The third-order valence-corrected chi connectivity index (χ3v) is 4.72. The molecule has 8 heteroatoms. The number of benzene rings is 1. The minimum Gasteiger partial charge on any atom is -0.354 e. The molecule has 0 bridgehead atoms. The van der Waals surface area contributed by atoms with E-state index in [1.54, 1.807) is 19.1 Å². The van der Waals surface area contributed by atoms with Crippen molar-refractivity contribution >= 4 is 23.6 Å². The van der Waals surface area contributed by atoms with Crippen molar-refractivity contribution in [2.45, 2.75) is 36.5 Å². The van der Waals surface area contributed by atoms with Gasteiger partial charge in [-0.15, -0.1) is 11.8 Å². The Morgan fingerprint density at radius 3 is 3.04 bits per heavy atom. The van der Waals surface area contributed by atoms with E-state index in [2.05, 4.69) is 20.8 Å². The van der Waals surface area contributed by atoms with E-state index in [1.807, 2.05) is 12.1 Å². The number of carbonyl (C=O) groups excluding carboxylic acids is 2. The van der Waals surface area contributed by atoms with Crippen LogP contribution in [0, 0.1) is 6.92 Å². The van der Waals surface area contributed by atoms with Gasteiger partial charge in [0.1, 0.15) is 6.04 Å². The molecule has 2 aromatic rings. The number of piperidine rings is 1. The summed E-state index contributed by atoms with van der Waals surface area (Å²) in [6, 6.07) is 6.82. The number of nitrogens with one attached hydrogen (secondary N) is 2. The summed E-state index contributed by atoms with van der Waals surface area (Å²) < 4.78 is 4.94. The second kappa shape index (κ2) is 7.48. The quantitative estimate of drug-likeness (QED) is 0.800. The van der Waals surface area contributed by atoms with Crippen molar-refractivity contribution in [1.29, 1.82) is 0 Å². The summed E-state index contributed by atoms with van der Waals surface area (Å²) in [4.78, 5) is 29.3. The SMILES string of the molecule is Cc1nc(CSc2ccccc2C(=O)NC2CCCNC2=O)no1. The van der Waals surface area contributed by atoms with Gasteiger partial charge in [0.15, 0.2) is 5.82 Å². The van der Waals surface area contributed by atoms with Crippen molar-refractivity contribution in [3.8, 4) is 0 Å². The molecule has 7 nitrogen and oxygen atoms in total. The van der Waals surface area contributed by atoms with E-state index in [4.69, 9.17) is 4.52 Å². The van der Waals surface area contributed by atoms with Crippen molar-refractivity contribution in [2.75, 3.05) is 6.54 Å². The molecule has 0 aliphatic carbocycles. The zero-order valence-corrected chi connectivity index (χ0v) is 14.1. The standard InChI is InChI=1S/C16H18N4O3S/c1-10-18-14(20-23-10)9-24-13-7-3-2-5-11(13)15(21)19-12-6-4-8-17-16(12)22/h2-3,5,7,12H,4,6,8-9H2,1H3,(H,17,22)(H,19,21). The molecule has 2 N–H and O–H groups in total. The monoisotopic (exact) mass is 346 g/mol. The third-order valence-electron chi connectivity index (χ3n) is 3.65. The van der Waals surface area contributed by atoms with Crippen LogP contribution in [0.5, 0.6) is 0 Å². The van der Waals surface area contributed by atoms with E-state index >= 15 is 0 Å². The molecule has 3 rings (SSSR count). The van der Waals surface area contributed by atoms with E-state index in [0.717, 1.165) is 11.3 Å². The van der Waals surface area contributed by atoms with Crippen LogP contribution < -0.4 is 10.6 Å². The van der Waals surface area contributed by atoms with Crippen LogP contribution in [0.1, 0.15) is 34.9 Å². The molecule has 1 aromatic heterocycles. The second-order valence-corrected chi connectivity index (χ2v) is 6.49. The van der Waals surface area contributed by atoms with Crippen molar-refractivity contribution in [3.63, 3.8) is 0 Å². The zero-order valence-electron chi connectivity index (χ0n) is 13.2. The topological polar surface area (TPSA) is 97.1 Å². The van der Waals surface area contributed by atoms with E-state index in [-0.39, 0.29) is 11.8 Å². The molecular weight excluding hydrogens is 328 g/mol. The van der Waals surface area contributed by atoms with Gasteiger partial charge < -0.3 is 15.2 Å². The lowest BCUT2D eigenvalue weighted by Crippen LogP contribution is -2.50. The molecule has 1 fully saturated rings. The molecule has 1 aliphatic rings. The van der Waals surface area contributed by atoms with Crippen LogP contribution in [0.4, 0.5) is 0 Å². The molecular formula is C16H18N4O3S. The Bertz CT molecular complexity index is 746. The Morgan fingerprint density at radius 2 is 2.29 bits per heavy atom. The largest absolute Gasteiger partial charge is 0.354 e. The summed E-state index contributed by atoms with van der Waals surface area (Å²) in [6.07, 6.45) is 1.53. The molecule has 24 heavy (non-hydrogen) atoms. The normalized spacial score (nSPS) is 17.4. The number of carbonyl (C=O) groups is 2. The Morgan fingerprint density at radius 1 is 1.46 bits per heavy atom. The number of aryl methyl sites for hydroxylation is 1. The van der Waals surface area contributed by atoms with Gasteiger partial charge in [0.2, 0.25) is 11.8 Å². The maximum absolute atomic E-state index is 12.5. The first kappa shape index (κ1) is 16.5. The number of hydrogen-bond acceptors (Lipinski definition) is 6. The van der Waals surface area contributed by atoms with Gasteiger partial charge in [-0.3, -0.25) is 9.59 Å². The number of thioether (sulfide) groups is 1. The predicted molar refractivity (Wildman–Crippen MR) is 88.5 cm³/mol. The maximum Gasteiger partial charge on any atom is 0.253 e. The number of amides is 2. The van der Waals surface area contributed by atoms with Gasteiger partial charge in [0, 0.05) is 18.4 Å². The van der Waals surface area contributed by atoms with E-state index in [9.17, 15) is 9.59 Å². The van der Waals surface area contributed by atoms with E-state index < -0.39 is 6.04 Å². The molecule has 0 spiro atoms. The maximum atomic E-state index is 12.5. The molecule has 0 radical (unpaired) electrons. The van der Waals surface area contributed by atoms with Crippen molar-refractivity contribution in [2.24, 2.45) is 0 Å². The number of nitrogens with zero attached hydrogens (tertiary/aromatic N) is 2. The van der Waals surface area contributed by atoms with Crippen molar-refractivity contribution in [1.82, 2.24) is 20.8 Å². The average molecular weight is 346 g/mol. The first-order valence-corrected chi connectivity index (χ1v) is 8.71. The molecule has 0 saturated carbocycles. The Balaban J connectivity index is 1.68. The summed E-state index contributed by atoms with van der Waals surface area (Å²) in [6.45, 7) is 2.40. The van der Waals surface area contributed by atoms with Gasteiger partial charge in [-0.1, -0.05) is 17.3 Å². The number of aromatic nitrogens is 2. The predicted octanol–water partition coefficient (Wildman–Crippen LogP) is 1.68. The van der Waals surface area contributed by atoms with Gasteiger partial charge in [-0.2, -0.15) is 4.98 Å². The highest BCUT2D eigenvalue weighted by Crippen LogP contribution is 2.25. The highest BCUT2D eigenvalue weighted by atomic mass is 32.2. The Labute approximate surface area is 143 Å². The fourth-order valence-corrected chi connectivity index (χ4v) is 3.36. The fraction of sp³-hybridized carbons (Fsp3) is 0.375. The first-order chi connectivity index (χ1) is 11.6.